The molecule has 4 nitrogen and oxygen atoms in total. The highest BCUT2D eigenvalue weighted by Gasteiger charge is 2.23. The number of piperidine rings is 1. The van der Waals surface area contributed by atoms with Gasteiger partial charge < -0.3 is 15.4 Å². The number of hydrogen-bond donors (Lipinski definition) is 2. The van der Waals surface area contributed by atoms with Crippen LogP contribution in [0.1, 0.15) is 65.2 Å². The van der Waals surface area contributed by atoms with Gasteiger partial charge in [0.25, 0.3) is 0 Å². The maximum Gasteiger partial charge on any atom is 0.241 e. The first-order valence-electron chi connectivity index (χ1n) is 9.49. The van der Waals surface area contributed by atoms with E-state index in [1.54, 1.807) is 0 Å². The molecular formula is C20H32N2O2. The molecule has 2 unspecified atom stereocenters. The number of ether oxygens (including phenoxy) is 1. The molecule has 1 aromatic carbocycles. The minimum atomic E-state index is -0.0761. The standard InChI is InChI=1S/C20H32N2O2/c1-3-4-5-6-7-15-24-18-13-11-17(12-14-18)22-20(23)19-10-8-9-16(2)21-19/h11-14,16,19,21H,3-10,15H2,1-2H3,(H,22,23). The maximum absolute atomic E-state index is 12.3. The van der Waals surface area contributed by atoms with Crippen molar-refractivity contribution in [2.45, 2.75) is 77.3 Å². The first kappa shape index (κ1) is 18.8. The molecule has 0 aromatic heterocycles. The minimum Gasteiger partial charge on any atom is -0.494 e. The molecule has 1 fully saturated rings. The van der Waals surface area contributed by atoms with Crippen LogP contribution >= 0.6 is 0 Å². The van der Waals surface area contributed by atoms with Crippen molar-refractivity contribution in [1.82, 2.24) is 5.32 Å². The first-order valence-corrected chi connectivity index (χ1v) is 9.49. The molecule has 1 aliphatic rings. The molecule has 0 radical (unpaired) electrons. The number of nitrogens with one attached hydrogen (secondary N) is 2. The predicted molar refractivity (Wildman–Crippen MR) is 99.6 cm³/mol. The Bertz CT molecular complexity index is 487. The van der Waals surface area contributed by atoms with Crippen molar-refractivity contribution in [3.8, 4) is 5.75 Å². The summed E-state index contributed by atoms with van der Waals surface area (Å²) < 4.78 is 5.75. The third-order valence-electron chi connectivity index (χ3n) is 4.57. The average molecular weight is 332 g/mol. The molecule has 1 aliphatic heterocycles. The largest absolute Gasteiger partial charge is 0.494 e. The fourth-order valence-electron chi connectivity index (χ4n) is 3.10. The van der Waals surface area contributed by atoms with Gasteiger partial charge in [-0.15, -0.1) is 0 Å². The molecule has 24 heavy (non-hydrogen) atoms. The SMILES string of the molecule is CCCCCCCOc1ccc(NC(=O)C2CCCC(C)N2)cc1. The van der Waals surface area contributed by atoms with Gasteiger partial charge in [0, 0.05) is 11.7 Å². The monoisotopic (exact) mass is 332 g/mol. The van der Waals surface area contributed by atoms with Crippen molar-refractivity contribution < 1.29 is 9.53 Å². The fraction of sp³-hybridized carbons (Fsp3) is 0.650. The molecule has 2 atom stereocenters. The van der Waals surface area contributed by atoms with Gasteiger partial charge in [0.05, 0.1) is 12.6 Å². The second-order valence-corrected chi connectivity index (χ2v) is 6.83. The van der Waals surface area contributed by atoms with Crippen LogP contribution in [0.3, 0.4) is 0 Å². The number of benzene rings is 1. The highest BCUT2D eigenvalue weighted by Crippen LogP contribution is 2.18. The van der Waals surface area contributed by atoms with Gasteiger partial charge in [-0.2, -0.15) is 0 Å². The topological polar surface area (TPSA) is 50.4 Å². The van der Waals surface area contributed by atoms with Crippen LogP contribution in [0, 0.1) is 0 Å². The van der Waals surface area contributed by atoms with Gasteiger partial charge in [-0.05, 0) is 56.9 Å². The van der Waals surface area contributed by atoms with E-state index in [1.807, 2.05) is 24.3 Å². The van der Waals surface area contributed by atoms with E-state index < -0.39 is 0 Å². The van der Waals surface area contributed by atoms with Crippen molar-refractivity contribution in [1.29, 1.82) is 0 Å². The lowest BCUT2D eigenvalue weighted by Gasteiger charge is -2.27. The number of rotatable bonds is 9. The molecule has 4 heteroatoms. The fourth-order valence-corrected chi connectivity index (χ4v) is 3.10. The summed E-state index contributed by atoms with van der Waals surface area (Å²) in [6.07, 6.45) is 9.37. The van der Waals surface area contributed by atoms with E-state index in [0.29, 0.717) is 6.04 Å². The predicted octanol–water partition coefficient (Wildman–Crippen LogP) is 4.50. The molecule has 0 aliphatic carbocycles. The van der Waals surface area contributed by atoms with Gasteiger partial charge in [0.2, 0.25) is 5.91 Å². The van der Waals surface area contributed by atoms with Gasteiger partial charge >= 0.3 is 0 Å². The van der Waals surface area contributed by atoms with E-state index in [2.05, 4.69) is 24.5 Å². The molecule has 1 heterocycles. The van der Waals surface area contributed by atoms with Gasteiger partial charge in [-0.3, -0.25) is 4.79 Å². The molecule has 1 amide bonds. The minimum absolute atomic E-state index is 0.0612. The quantitative estimate of drug-likeness (QED) is 0.654. The molecule has 2 N–H and O–H groups in total. The van der Waals surface area contributed by atoms with Crippen molar-refractivity contribution >= 4 is 11.6 Å². The summed E-state index contributed by atoms with van der Waals surface area (Å²) in [7, 11) is 0. The number of amides is 1. The zero-order valence-corrected chi connectivity index (χ0v) is 15.1. The Hall–Kier alpha value is -1.55. The van der Waals surface area contributed by atoms with Crippen LogP contribution < -0.4 is 15.4 Å². The average Bonchev–Trinajstić information content (AvgIpc) is 2.59. The van der Waals surface area contributed by atoms with E-state index in [4.69, 9.17) is 4.74 Å². The molecule has 0 bridgehead atoms. The number of anilines is 1. The summed E-state index contributed by atoms with van der Waals surface area (Å²) in [5.74, 6) is 0.930. The van der Waals surface area contributed by atoms with E-state index in [9.17, 15) is 4.79 Å². The van der Waals surface area contributed by atoms with Crippen LogP contribution in [0.2, 0.25) is 0 Å². The zero-order chi connectivity index (χ0) is 17.2. The third-order valence-corrected chi connectivity index (χ3v) is 4.57. The Labute approximate surface area is 146 Å². The Morgan fingerprint density at radius 3 is 2.62 bits per heavy atom. The molecule has 1 aromatic rings. The third kappa shape index (κ3) is 6.52. The van der Waals surface area contributed by atoms with Crippen LogP contribution in [0.5, 0.6) is 5.75 Å². The molecule has 0 saturated carbocycles. The van der Waals surface area contributed by atoms with Gasteiger partial charge in [-0.25, -0.2) is 0 Å². The number of unbranched alkanes of at least 4 members (excludes halogenated alkanes) is 4. The highest BCUT2D eigenvalue weighted by atomic mass is 16.5. The summed E-state index contributed by atoms with van der Waals surface area (Å²) in [6.45, 7) is 5.12. The summed E-state index contributed by atoms with van der Waals surface area (Å²) in [4.78, 5) is 12.3. The lowest BCUT2D eigenvalue weighted by molar-refractivity contribution is -0.118. The van der Waals surface area contributed by atoms with E-state index >= 15 is 0 Å². The molecule has 0 spiro atoms. The van der Waals surface area contributed by atoms with Crippen molar-refractivity contribution in [3.63, 3.8) is 0 Å². The summed E-state index contributed by atoms with van der Waals surface area (Å²) in [5, 5.41) is 6.35. The number of carbonyl (C=O) groups is 1. The second-order valence-electron chi connectivity index (χ2n) is 6.83. The second kappa shape index (κ2) is 10.3. The molecular weight excluding hydrogens is 300 g/mol. The summed E-state index contributed by atoms with van der Waals surface area (Å²) in [6, 6.07) is 8.03. The molecule has 1 saturated heterocycles. The Balaban J connectivity index is 1.70. The van der Waals surface area contributed by atoms with Crippen LogP contribution in [0.25, 0.3) is 0 Å². The Morgan fingerprint density at radius 2 is 1.92 bits per heavy atom. The van der Waals surface area contributed by atoms with Crippen LogP contribution in [0.4, 0.5) is 5.69 Å². The van der Waals surface area contributed by atoms with Crippen LogP contribution in [0.15, 0.2) is 24.3 Å². The molecule has 134 valence electrons. The first-order chi connectivity index (χ1) is 11.7. The smallest absolute Gasteiger partial charge is 0.241 e. The van der Waals surface area contributed by atoms with E-state index in [0.717, 1.165) is 43.7 Å². The van der Waals surface area contributed by atoms with Crippen molar-refractivity contribution in [3.05, 3.63) is 24.3 Å². The van der Waals surface area contributed by atoms with Gasteiger partial charge in [0.1, 0.15) is 5.75 Å². The summed E-state index contributed by atoms with van der Waals surface area (Å²) >= 11 is 0. The summed E-state index contributed by atoms with van der Waals surface area (Å²) in [5.41, 5.74) is 0.829. The maximum atomic E-state index is 12.3. The van der Waals surface area contributed by atoms with Gasteiger partial charge in [-0.1, -0.05) is 32.6 Å². The van der Waals surface area contributed by atoms with Crippen LogP contribution in [-0.4, -0.2) is 24.6 Å². The van der Waals surface area contributed by atoms with Crippen molar-refractivity contribution in [2.75, 3.05) is 11.9 Å². The zero-order valence-electron chi connectivity index (χ0n) is 15.1. The number of hydrogen-bond acceptors (Lipinski definition) is 3. The lowest BCUT2D eigenvalue weighted by atomic mass is 9.99. The molecule has 2 rings (SSSR count). The normalized spacial score (nSPS) is 20.6. The Morgan fingerprint density at radius 1 is 1.17 bits per heavy atom. The van der Waals surface area contributed by atoms with E-state index in [1.165, 1.54) is 25.7 Å². The number of carbonyl (C=O) groups excluding carboxylic acids is 1. The Kier molecular flexibility index (Phi) is 8.10. The van der Waals surface area contributed by atoms with Crippen molar-refractivity contribution in [2.24, 2.45) is 0 Å². The highest BCUT2D eigenvalue weighted by molar-refractivity contribution is 5.94. The van der Waals surface area contributed by atoms with Gasteiger partial charge in [0.15, 0.2) is 0 Å². The lowest BCUT2D eigenvalue weighted by Crippen LogP contribution is -2.47. The van der Waals surface area contributed by atoms with Crippen LogP contribution in [-0.2, 0) is 4.79 Å². The van der Waals surface area contributed by atoms with E-state index in [-0.39, 0.29) is 11.9 Å².